The monoisotopic (exact) mass is 185 g/mol. The maximum Gasteiger partial charge on any atom is 0.0511 e. The van der Waals surface area contributed by atoms with Crippen molar-refractivity contribution in [2.24, 2.45) is 10.9 Å². The molecule has 78 valence electrons. The van der Waals surface area contributed by atoms with Gasteiger partial charge in [-0.25, -0.2) is 0 Å². The number of unbranched alkanes of at least 4 members (excludes halogenated alkanes) is 2. The second-order valence-corrected chi connectivity index (χ2v) is 3.52. The molecule has 0 heterocycles. The Morgan fingerprint density at radius 1 is 1.31 bits per heavy atom. The summed E-state index contributed by atoms with van der Waals surface area (Å²) in [6.07, 6.45) is 4.66. The third kappa shape index (κ3) is 5.81. The van der Waals surface area contributed by atoms with E-state index in [1.807, 2.05) is 6.92 Å². The zero-order valence-electron chi connectivity index (χ0n) is 9.21. The molecule has 13 heavy (non-hydrogen) atoms. The lowest BCUT2D eigenvalue weighted by atomic mass is 10.0. The summed E-state index contributed by atoms with van der Waals surface area (Å²) in [5, 5.41) is 9.02. The summed E-state index contributed by atoms with van der Waals surface area (Å²) in [7, 11) is 0. The first kappa shape index (κ1) is 12.6. The number of rotatable bonds is 7. The van der Waals surface area contributed by atoms with Crippen molar-refractivity contribution in [1.82, 2.24) is 0 Å². The summed E-state index contributed by atoms with van der Waals surface area (Å²) < 4.78 is 0. The Morgan fingerprint density at radius 3 is 2.46 bits per heavy atom. The predicted molar refractivity (Wildman–Crippen MR) is 58.4 cm³/mol. The fourth-order valence-corrected chi connectivity index (χ4v) is 1.30. The number of aliphatic hydroxyl groups excluding tert-OH is 1. The highest BCUT2D eigenvalue weighted by Crippen LogP contribution is 2.05. The molecular formula is C11H23NO. The van der Waals surface area contributed by atoms with E-state index in [4.69, 9.17) is 5.11 Å². The van der Waals surface area contributed by atoms with Gasteiger partial charge >= 0.3 is 0 Å². The summed E-state index contributed by atoms with van der Waals surface area (Å²) in [5.74, 6) is 0.279. The van der Waals surface area contributed by atoms with Crippen LogP contribution in [0.1, 0.15) is 46.5 Å². The van der Waals surface area contributed by atoms with Gasteiger partial charge in [0.25, 0.3) is 0 Å². The van der Waals surface area contributed by atoms with E-state index in [9.17, 15) is 0 Å². The normalized spacial score (nSPS) is 14.6. The molecular weight excluding hydrogens is 162 g/mol. The molecule has 1 unspecified atom stereocenters. The molecule has 0 saturated heterocycles. The fraction of sp³-hybridized carbons (Fsp3) is 0.909. The van der Waals surface area contributed by atoms with Gasteiger partial charge in [0.2, 0.25) is 0 Å². The van der Waals surface area contributed by atoms with Crippen molar-refractivity contribution in [3.63, 3.8) is 0 Å². The molecule has 1 N–H and O–H groups in total. The molecule has 0 aromatic carbocycles. The van der Waals surface area contributed by atoms with E-state index in [-0.39, 0.29) is 12.5 Å². The molecule has 0 aromatic heterocycles. The van der Waals surface area contributed by atoms with Crippen molar-refractivity contribution in [1.29, 1.82) is 0 Å². The van der Waals surface area contributed by atoms with Gasteiger partial charge < -0.3 is 5.11 Å². The molecule has 0 spiro atoms. The average molecular weight is 185 g/mol. The van der Waals surface area contributed by atoms with Gasteiger partial charge in [0.15, 0.2) is 0 Å². The highest BCUT2D eigenvalue weighted by Gasteiger charge is 2.06. The topological polar surface area (TPSA) is 32.6 Å². The van der Waals surface area contributed by atoms with Crippen LogP contribution in [0.2, 0.25) is 0 Å². The minimum absolute atomic E-state index is 0.236. The first-order chi connectivity index (χ1) is 6.26. The minimum atomic E-state index is 0.236. The standard InChI is InChI=1S/C11H23NO/c1-4-6-7-8-12-10(3)11(5-2)9-13/h11,13H,4-9H2,1-3H3. The zero-order valence-corrected chi connectivity index (χ0v) is 9.21. The Balaban J connectivity index is 3.71. The van der Waals surface area contributed by atoms with Crippen LogP contribution in [0.3, 0.4) is 0 Å². The van der Waals surface area contributed by atoms with Crippen LogP contribution in [0.25, 0.3) is 0 Å². The van der Waals surface area contributed by atoms with Crippen LogP contribution in [0.5, 0.6) is 0 Å². The molecule has 0 aliphatic carbocycles. The first-order valence-electron chi connectivity index (χ1n) is 5.38. The number of nitrogens with zero attached hydrogens (tertiary/aromatic N) is 1. The highest BCUT2D eigenvalue weighted by molar-refractivity contribution is 5.84. The van der Waals surface area contributed by atoms with Gasteiger partial charge in [0.05, 0.1) is 6.61 Å². The van der Waals surface area contributed by atoms with Crippen molar-refractivity contribution >= 4 is 5.71 Å². The van der Waals surface area contributed by atoms with Gasteiger partial charge in [-0.15, -0.1) is 0 Å². The summed E-state index contributed by atoms with van der Waals surface area (Å²) in [6.45, 7) is 7.47. The van der Waals surface area contributed by atoms with E-state index in [0.717, 1.165) is 18.7 Å². The Hall–Kier alpha value is -0.370. The molecule has 0 saturated carbocycles. The quantitative estimate of drug-likeness (QED) is 0.480. The minimum Gasteiger partial charge on any atom is -0.396 e. The van der Waals surface area contributed by atoms with Gasteiger partial charge in [0, 0.05) is 18.2 Å². The molecule has 0 aliphatic heterocycles. The molecule has 0 aliphatic rings. The Kier molecular flexibility index (Phi) is 8.00. The highest BCUT2D eigenvalue weighted by atomic mass is 16.3. The molecule has 0 rings (SSSR count). The molecule has 2 heteroatoms. The average Bonchev–Trinajstić information content (AvgIpc) is 2.14. The number of hydrogen-bond acceptors (Lipinski definition) is 2. The summed E-state index contributed by atoms with van der Waals surface area (Å²) in [4.78, 5) is 4.46. The number of aliphatic hydroxyl groups is 1. The Labute approximate surface area is 82.1 Å². The molecule has 0 bridgehead atoms. The maximum atomic E-state index is 9.02. The molecule has 0 aromatic rings. The summed E-state index contributed by atoms with van der Waals surface area (Å²) in [5.41, 5.74) is 1.11. The molecule has 0 amide bonds. The van der Waals surface area contributed by atoms with Gasteiger partial charge in [-0.05, 0) is 19.8 Å². The van der Waals surface area contributed by atoms with E-state index in [2.05, 4.69) is 18.8 Å². The van der Waals surface area contributed by atoms with E-state index in [1.165, 1.54) is 19.3 Å². The molecule has 0 radical (unpaired) electrons. The SMILES string of the molecule is CCCCCN=C(C)C(CC)CO. The summed E-state index contributed by atoms with van der Waals surface area (Å²) in [6, 6.07) is 0. The lowest BCUT2D eigenvalue weighted by Crippen LogP contribution is -2.15. The Morgan fingerprint density at radius 2 is 2.00 bits per heavy atom. The van der Waals surface area contributed by atoms with Crippen LogP contribution < -0.4 is 0 Å². The first-order valence-corrected chi connectivity index (χ1v) is 5.38. The lowest BCUT2D eigenvalue weighted by molar-refractivity contribution is 0.258. The van der Waals surface area contributed by atoms with Gasteiger partial charge in [-0.3, -0.25) is 4.99 Å². The van der Waals surface area contributed by atoms with Crippen molar-refractivity contribution in [3.05, 3.63) is 0 Å². The van der Waals surface area contributed by atoms with Crippen molar-refractivity contribution < 1.29 is 5.11 Å². The third-order valence-electron chi connectivity index (χ3n) is 2.43. The van der Waals surface area contributed by atoms with Crippen LogP contribution in [0.4, 0.5) is 0 Å². The summed E-state index contributed by atoms with van der Waals surface area (Å²) >= 11 is 0. The largest absolute Gasteiger partial charge is 0.396 e. The predicted octanol–water partition coefficient (Wildman–Crippen LogP) is 2.66. The zero-order chi connectivity index (χ0) is 10.1. The van der Waals surface area contributed by atoms with Gasteiger partial charge in [-0.2, -0.15) is 0 Å². The second kappa shape index (κ2) is 8.24. The van der Waals surface area contributed by atoms with Gasteiger partial charge in [0.1, 0.15) is 0 Å². The van der Waals surface area contributed by atoms with Crippen LogP contribution in [-0.4, -0.2) is 24.0 Å². The van der Waals surface area contributed by atoms with E-state index in [0.29, 0.717) is 0 Å². The van der Waals surface area contributed by atoms with Crippen LogP contribution in [0.15, 0.2) is 4.99 Å². The third-order valence-corrected chi connectivity index (χ3v) is 2.43. The molecule has 0 fully saturated rings. The molecule has 2 nitrogen and oxygen atoms in total. The number of aliphatic imine (C=N–C) groups is 1. The van der Waals surface area contributed by atoms with Crippen molar-refractivity contribution in [2.75, 3.05) is 13.2 Å². The fourth-order valence-electron chi connectivity index (χ4n) is 1.30. The second-order valence-electron chi connectivity index (χ2n) is 3.52. The van der Waals surface area contributed by atoms with Crippen LogP contribution in [0, 0.1) is 5.92 Å². The van der Waals surface area contributed by atoms with Crippen molar-refractivity contribution in [2.45, 2.75) is 46.5 Å². The van der Waals surface area contributed by atoms with Crippen molar-refractivity contribution in [3.8, 4) is 0 Å². The maximum absolute atomic E-state index is 9.02. The molecule has 1 atom stereocenters. The van der Waals surface area contributed by atoms with E-state index < -0.39 is 0 Å². The smallest absolute Gasteiger partial charge is 0.0511 e. The van der Waals surface area contributed by atoms with Crippen LogP contribution >= 0.6 is 0 Å². The van der Waals surface area contributed by atoms with Gasteiger partial charge in [-0.1, -0.05) is 26.7 Å². The van der Waals surface area contributed by atoms with E-state index in [1.54, 1.807) is 0 Å². The number of hydrogen-bond donors (Lipinski definition) is 1. The lowest BCUT2D eigenvalue weighted by Gasteiger charge is -2.10. The van der Waals surface area contributed by atoms with E-state index >= 15 is 0 Å². The Bertz CT molecular complexity index is 139. The van der Waals surface area contributed by atoms with Crippen LogP contribution in [-0.2, 0) is 0 Å².